The maximum atomic E-state index is 15.0. The van der Waals surface area contributed by atoms with E-state index in [2.05, 4.69) is 10.6 Å². The molecule has 1 saturated heterocycles. The van der Waals surface area contributed by atoms with Crippen LogP contribution in [0.15, 0.2) is 48.7 Å². The number of amides is 2. The van der Waals surface area contributed by atoms with Crippen molar-refractivity contribution in [1.82, 2.24) is 25.1 Å². The van der Waals surface area contributed by atoms with Crippen LogP contribution in [0.5, 0.6) is 5.75 Å². The minimum atomic E-state index is -1.21. The number of nitrogens with one attached hydrogen (secondary N) is 2. The van der Waals surface area contributed by atoms with Crippen molar-refractivity contribution in [3.63, 3.8) is 0 Å². The van der Waals surface area contributed by atoms with E-state index in [1.807, 2.05) is 13.8 Å². The van der Waals surface area contributed by atoms with E-state index in [0.29, 0.717) is 17.9 Å². The molecule has 234 valence electrons. The number of carbonyl (C=O) groups is 1. The number of imidazole rings is 1. The number of alkyl halides is 1. The van der Waals surface area contributed by atoms with Gasteiger partial charge < -0.3 is 35.4 Å². The molecule has 2 aromatic carbocycles. The Hall–Kier alpha value is -3.61. The Balaban J connectivity index is 1.92. The first-order valence-corrected chi connectivity index (χ1v) is 14.4. The largest absolute Gasteiger partial charge is 0.508 e. The van der Waals surface area contributed by atoms with Crippen LogP contribution in [0.25, 0.3) is 11.3 Å². The summed E-state index contributed by atoms with van der Waals surface area (Å²) in [5, 5.41) is 35.6. The number of aliphatic hydroxyl groups is 2. The zero-order chi connectivity index (χ0) is 31.3. The number of aromatic nitrogens is 2. The van der Waals surface area contributed by atoms with Gasteiger partial charge in [-0.25, -0.2) is 22.9 Å². The van der Waals surface area contributed by atoms with Crippen LogP contribution >= 0.6 is 0 Å². The van der Waals surface area contributed by atoms with Crippen LogP contribution in [0.1, 0.15) is 44.6 Å². The second-order valence-corrected chi connectivity index (χ2v) is 11.9. The summed E-state index contributed by atoms with van der Waals surface area (Å²) in [5.74, 6) is -1.55. The van der Waals surface area contributed by atoms with Gasteiger partial charge in [0.15, 0.2) is 0 Å². The highest BCUT2D eigenvalue weighted by atomic mass is 19.1. The molecular formula is C31H40F3N5O4. The monoisotopic (exact) mass is 603 g/mol. The Bertz CT molecular complexity index is 1400. The van der Waals surface area contributed by atoms with Crippen molar-refractivity contribution < 1.29 is 33.3 Å². The topological polar surface area (TPSA) is 123 Å². The highest BCUT2D eigenvalue weighted by Gasteiger charge is 2.43. The van der Waals surface area contributed by atoms with Crippen LogP contribution in [0.4, 0.5) is 18.0 Å². The SMILES string of the molecule is C[C@@H](CO)NC(=O)N(CC1CNC[C@@H]1F)[C@@H](c1nc(-c2cc(F)ccc2F)cn1Cc1cccc(O)c1)C(C)(C)CCO. The summed E-state index contributed by atoms with van der Waals surface area (Å²) in [7, 11) is 0. The molecule has 2 heterocycles. The molecule has 1 aromatic heterocycles. The maximum Gasteiger partial charge on any atom is 0.318 e. The smallest absolute Gasteiger partial charge is 0.318 e. The van der Waals surface area contributed by atoms with Gasteiger partial charge >= 0.3 is 6.03 Å². The van der Waals surface area contributed by atoms with Gasteiger partial charge in [0, 0.05) is 50.5 Å². The number of phenols is 1. The molecule has 4 rings (SSSR count). The van der Waals surface area contributed by atoms with Gasteiger partial charge in [-0.2, -0.15) is 0 Å². The number of urea groups is 1. The average Bonchev–Trinajstić information content (AvgIpc) is 3.54. The summed E-state index contributed by atoms with van der Waals surface area (Å²) in [5.41, 5.74) is -0.140. The summed E-state index contributed by atoms with van der Waals surface area (Å²) in [6.07, 6.45) is 0.568. The lowest BCUT2D eigenvalue weighted by molar-refractivity contribution is 0.0599. The summed E-state index contributed by atoms with van der Waals surface area (Å²) in [6.45, 7) is 5.40. The third kappa shape index (κ3) is 7.67. The van der Waals surface area contributed by atoms with Gasteiger partial charge in [0.1, 0.15) is 29.4 Å². The second-order valence-electron chi connectivity index (χ2n) is 11.9. The number of halogens is 3. The van der Waals surface area contributed by atoms with Gasteiger partial charge in [0.05, 0.1) is 24.4 Å². The highest BCUT2D eigenvalue weighted by Crippen LogP contribution is 2.42. The third-order valence-electron chi connectivity index (χ3n) is 7.92. The Morgan fingerprint density at radius 1 is 1.21 bits per heavy atom. The number of aromatic hydroxyl groups is 1. The first kappa shape index (κ1) is 32.3. The number of hydrogen-bond donors (Lipinski definition) is 5. The normalized spacial score (nSPS) is 18.4. The summed E-state index contributed by atoms with van der Waals surface area (Å²) < 4.78 is 45.9. The van der Waals surface area contributed by atoms with Crippen LogP contribution in [0.2, 0.25) is 0 Å². The van der Waals surface area contributed by atoms with Crippen molar-refractivity contribution in [1.29, 1.82) is 0 Å². The Kier molecular flexibility index (Phi) is 10.4. The minimum absolute atomic E-state index is 0.0136. The molecule has 3 aromatic rings. The second kappa shape index (κ2) is 13.8. The molecule has 1 aliphatic rings. The van der Waals surface area contributed by atoms with Crippen molar-refractivity contribution in [2.45, 2.75) is 52.0 Å². The van der Waals surface area contributed by atoms with E-state index in [-0.39, 0.29) is 56.3 Å². The van der Waals surface area contributed by atoms with E-state index in [0.717, 1.165) is 18.2 Å². The maximum absolute atomic E-state index is 15.0. The lowest BCUT2D eigenvalue weighted by Crippen LogP contribution is -2.52. The Labute approximate surface area is 249 Å². The number of aliphatic hydroxyl groups excluding tert-OH is 2. The average molecular weight is 604 g/mol. The predicted molar refractivity (Wildman–Crippen MR) is 156 cm³/mol. The van der Waals surface area contributed by atoms with Gasteiger partial charge in [-0.3, -0.25) is 0 Å². The van der Waals surface area contributed by atoms with Crippen LogP contribution in [0.3, 0.4) is 0 Å². The predicted octanol–water partition coefficient (Wildman–Crippen LogP) is 3.98. The molecule has 43 heavy (non-hydrogen) atoms. The van der Waals surface area contributed by atoms with Crippen molar-refractivity contribution in [2.75, 3.05) is 32.8 Å². The number of hydrogen-bond acceptors (Lipinski definition) is 6. The third-order valence-corrected chi connectivity index (χ3v) is 7.92. The van der Waals surface area contributed by atoms with Gasteiger partial charge in [-0.1, -0.05) is 26.0 Å². The lowest BCUT2D eigenvalue weighted by atomic mass is 9.79. The summed E-state index contributed by atoms with van der Waals surface area (Å²) >= 11 is 0. The fourth-order valence-corrected chi connectivity index (χ4v) is 5.56. The van der Waals surface area contributed by atoms with E-state index in [4.69, 9.17) is 4.98 Å². The van der Waals surface area contributed by atoms with Crippen LogP contribution in [0, 0.1) is 23.0 Å². The summed E-state index contributed by atoms with van der Waals surface area (Å²) in [6, 6.07) is 7.54. The van der Waals surface area contributed by atoms with Crippen LogP contribution < -0.4 is 10.6 Å². The molecule has 0 saturated carbocycles. The molecule has 1 aliphatic heterocycles. The number of phenolic OH excluding ortho intramolecular Hbond substituents is 1. The summed E-state index contributed by atoms with van der Waals surface area (Å²) in [4.78, 5) is 20.1. The molecule has 2 amide bonds. The standard InChI is InChI=1S/C31H40F3N5O4/c1-19(18-41)36-30(43)39(16-21-13-35-14-26(21)34)28(31(2,3)9-10-40)29-37-27(24-12-22(32)7-8-25(24)33)17-38(29)15-20-5-4-6-23(42)11-20/h4-8,11-12,17,19,21,26,28,35,40-42H,9-10,13-16,18H2,1-3H3,(H,36,43)/t19-,21?,26-,28-/m0/s1. The molecule has 0 bridgehead atoms. The zero-order valence-electron chi connectivity index (χ0n) is 24.6. The van der Waals surface area contributed by atoms with Crippen LogP contribution in [-0.4, -0.2) is 80.9 Å². The Morgan fingerprint density at radius 3 is 2.63 bits per heavy atom. The van der Waals surface area contributed by atoms with E-state index in [1.165, 1.54) is 11.0 Å². The van der Waals surface area contributed by atoms with Gasteiger partial charge in [-0.05, 0) is 54.7 Å². The first-order valence-electron chi connectivity index (χ1n) is 14.4. The van der Waals surface area contributed by atoms with Gasteiger partial charge in [-0.15, -0.1) is 0 Å². The molecule has 0 aliphatic carbocycles. The van der Waals surface area contributed by atoms with Crippen molar-refractivity contribution >= 4 is 6.03 Å². The van der Waals surface area contributed by atoms with Gasteiger partial charge in [0.25, 0.3) is 0 Å². The molecule has 5 N–H and O–H groups in total. The fourth-order valence-electron chi connectivity index (χ4n) is 5.56. The number of nitrogens with zero attached hydrogens (tertiary/aromatic N) is 3. The highest BCUT2D eigenvalue weighted by molar-refractivity contribution is 5.75. The lowest BCUT2D eigenvalue weighted by Gasteiger charge is -2.43. The van der Waals surface area contributed by atoms with Crippen molar-refractivity contribution in [3.8, 4) is 17.0 Å². The molecular weight excluding hydrogens is 563 g/mol. The molecule has 9 nitrogen and oxygen atoms in total. The Morgan fingerprint density at radius 2 is 1.98 bits per heavy atom. The number of carbonyl (C=O) groups excluding carboxylic acids is 1. The molecule has 4 atom stereocenters. The molecule has 0 radical (unpaired) electrons. The number of benzene rings is 2. The van der Waals surface area contributed by atoms with Gasteiger partial charge in [0.2, 0.25) is 0 Å². The van der Waals surface area contributed by atoms with E-state index >= 15 is 0 Å². The van der Waals surface area contributed by atoms with E-state index < -0.39 is 47.3 Å². The van der Waals surface area contributed by atoms with Crippen molar-refractivity contribution in [2.24, 2.45) is 11.3 Å². The number of rotatable bonds is 12. The molecule has 12 heteroatoms. The molecule has 1 fully saturated rings. The minimum Gasteiger partial charge on any atom is -0.508 e. The van der Waals surface area contributed by atoms with E-state index in [9.17, 15) is 33.3 Å². The van der Waals surface area contributed by atoms with Crippen molar-refractivity contribution in [3.05, 3.63) is 71.7 Å². The zero-order valence-corrected chi connectivity index (χ0v) is 24.6. The van der Waals surface area contributed by atoms with Crippen LogP contribution in [-0.2, 0) is 6.54 Å². The fraction of sp³-hybridized carbons (Fsp3) is 0.484. The first-order chi connectivity index (χ1) is 20.4. The van der Waals surface area contributed by atoms with E-state index in [1.54, 1.807) is 35.9 Å². The molecule has 1 unspecified atom stereocenters. The molecule has 0 spiro atoms. The quantitative estimate of drug-likeness (QED) is 0.214.